The number of hydrogen-bond acceptors (Lipinski definition) is 6. The van der Waals surface area contributed by atoms with Crippen LogP contribution in [0.3, 0.4) is 0 Å². The average molecular weight is 495 g/mol. The summed E-state index contributed by atoms with van der Waals surface area (Å²) in [5.74, 6) is 1.91. The minimum absolute atomic E-state index is 0.129. The van der Waals surface area contributed by atoms with Crippen molar-refractivity contribution in [2.24, 2.45) is 0 Å². The molecule has 4 aromatic carbocycles. The third kappa shape index (κ3) is 5.93. The molecule has 4 aromatic rings. The van der Waals surface area contributed by atoms with Crippen LogP contribution in [-0.4, -0.2) is 12.8 Å². The van der Waals surface area contributed by atoms with E-state index in [1.807, 2.05) is 79.7 Å². The van der Waals surface area contributed by atoms with Crippen LogP contribution in [0.5, 0.6) is 28.7 Å². The molecule has 0 fully saturated rings. The van der Waals surface area contributed by atoms with Gasteiger partial charge in [-0.2, -0.15) is 0 Å². The van der Waals surface area contributed by atoms with Gasteiger partial charge in [0.05, 0.1) is 0 Å². The van der Waals surface area contributed by atoms with Gasteiger partial charge in [0.25, 0.3) is 0 Å². The summed E-state index contributed by atoms with van der Waals surface area (Å²) in [5, 5.41) is 0. The molecule has 0 N–H and O–H groups in total. The highest BCUT2D eigenvalue weighted by molar-refractivity contribution is 5.94. The van der Waals surface area contributed by atoms with E-state index in [-0.39, 0.29) is 19.0 Å². The van der Waals surface area contributed by atoms with Crippen molar-refractivity contribution in [3.05, 3.63) is 119 Å². The third-order valence-corrected chi connectivity index (χ3v) is 5.71. The molecule has 6 heteroatoms. The smallest absolute Gasteiger partial charge is 0.347 e. The summed E-state index contributed by atoms with van der Waals surface area (Å²) in [5.41, 5.74) is 3.00. The fraction of sp³-hybridized carbons (Fsp3) is 0.129. The lowest BCUT2D eigenvalue weighted by molar-refractivity contribution is 0.0729. The van der Waals surface area contributed by atoms with Crippen LogP contribution >= 0.6 is 0 Å². The first-order valence-corrected chi connectivity index (χ1v) is 12.0. The predicted molar refractivity (Wildman–Crippen MR) is 140 cm³/mol. The quantitative estimate of drug-likeness (QED) is 0.188. The molecule has 1 aliphatic heterocycles. The minimum Gasteiger partial charge on any atom is -0.489 e. The highest BCUT2D eigenvalue weighted by Crippen LogP contribution is 2.39. The van der Waals surface area contributed by atoms with E-state index < -0.39 is 5.97 Å². The number of rotatable bonds is 9. The fourth-order valence-electron chi connectivity index (χ4n) is 3.85. The van der Waals surface area contributed by atoms with Crippen LogP contribution < -0.4 is 23.7 Å². The van der Waals surface area contributed by atoms with E-state index in [1.165, 1.54) is 0 Å². The van der Waals surface area contributed by atoms with Gasteiger partial charge in [-0.25, -0.2) is 4.79 Å². The van der Waals surface area contributed by atoms with E-state index in [1.54, 1.807) is 30.3 Å². The number of carbonyl (C=O) groups excluding carboxylic acids is 1. The average Bonchev–Trinajstić information content (AvgIpc) is 3.39. The summed E-state index contributed by atoms with van der Waals surface area (Å²) in [7, 11) is 0. The Labute approximate surface area is 215 Å². The zero-order valence-electron chi connectivity index (χ0n) is 20.4. The Morgan fingerprint density at radius 2 is 1.43 bits per heavy atom. The van der Waals surface area contributed by atoms with Crippen molar-refractivity contribution in [3.8, 4) is 28.7 Å². The maximum atomic E-state index is 13.4. The Morgan fingerprint density at radius 3 is 2.11 bits per heavy atom. The van der Waals surface area contributed by atoms with Crippen molar-refractivity contribution in [2.45, 2.75) is 20.1 Å². The molecule has 5 rings (SSSR count). The molecule has 1 heterocycles. The SMILES string of the molecule is C/C=C/c1cc2c(cc1OC(=O)c1ccc(OCc3ccccc3)cc1OCc1ccccc1)OCO2. The van der Waals surface area contributed by atoms with Crippen molar-refractivity contribution < 1.29 is 28.5 Å². The molecule has 6 nitrogen and oxygen atoms in total. The molecule has 37 heavy (non-hydrogen) atoms. The second-order valence-electron chi connectivity index (χ2n) is 8.34. The van der Waals surface area contributed by atoms with Gasteiger partial charge in [-0.1, -0.05) is 72.8 Å². The molecule has 0 aromatic heterocycles. The summed E-state index contributed by atoms with van der Waals surface area (Å²) in [6.45, 7) is 2.70. The van der Waals surface area contributed by atoms with Crippen LogP contribution in [0.25, 0.3) is 6.08 Å². The van der Waals surface area contributed by atoms with E-state index in [0.717, 1.165) is 11.1 Å². The summed E-state index contributed by atoms with van der Waals surface area (Å²) in [6.07, 6.45) is 3.71. The number of benzene rings is 4. The van der Waals surface area contributed by atoms with E-state index >= 15 is 0 Å². The van der Waals surface area contributed by atoms with Crippen LogP contribution in [0, 0.1) is 0 Å². The molecule has 0 bridgehead atoms. The van der Waals surface area contributed by atoms with Crippen LogP contribution in [-0.2, 0) is 13.2 Å². The van der Waals surface area contributed by atoms with Gasteiger partial charge in [0.2, 0.25) is 6.79 Å². The molecule has 0 atom stereocenters. The monoisotopic (exact) mass is 494 g/mol. The van der Waals surface area contributed by atoms with Gasteiger partial charge in [-0.15, -0.1) is 0 Å². The first kappa shape index (κ1) is 24.0. The Hall–Kier alpha value is -4.71. The normalized spacial score (nSPS) is 11.9. The summed E-state index contributed by atoms with van der Waals surface area (Å²) < 4.78 is 28.8. The molecule has 1 aliphatic rings. The number of esters is 1. The number of carbonyl (C=O) groups is 1. The molecule has 0 amide bonds. The summed E-state index contributed by atoms with van der Waals surface area (Å²) in [6, 6.07) is 28.2. The lowest BCUT2D eigenvalue weighted by atomic mass is 10.1. The Morgan fingerprint density at radius 1 is 0.784 bits per heavy atom. The van der Waals surface area contributed by atoms with Crippen LogP contribution in [0.4, 0.5) is 0 Å². The molecule has 0 spiro atoms. The van der Waals surface area contributed by atoms with Crippen LogP contribution in [0.2, 0.25) is 0 Å². The summed E-state index contributed by atoms with van der Waals surface area (Å²) >= 11 is 0. The highest BCUT2D eigenvalue weighted by Gasteiger charge is 2.22. The lowest BCUT2D eigenvalue weighted by Crippen LogP contribution is -2.12. The van der Waals surface area contributed by atoms with Gasteiger partial charge in [0.15, 0.2) is 11.5 Å². The van der Waals surface area contributed by atoms with Crippen molar-refractivity contribution in [1.29, 1.82) is 0 Å². The molecule has 0 radical (unpaired) electrons. The molecule has 0 saturated heterocycles. The number of ether oxygens (including phenoxy) is 5. The van der Waals surface area contributed by atoms with Crippen LogP contribution in [0.15, 0.2) is 97.1 Å². The second-order valence-corrected chi connectivity index (χ2v) is 8.34. The minimum atomic E-state index is -0.553. The maximum absolute atomic E-state index is 13.4. The van der Waals surface area contributed by atoms with Crippen molar-refractivity contribution in [1.82, 2.24) is 0 Å². The van der Waals surface area contributed by atoms with E-state index in [2.05, 4.69) is 0 Å². The van der Waals surface area contributed by atoms with Crippen LogP contribution in [0.1, 0.15) is 34.0 Å². The van der Waals surface area contributed by atoms with Crippen molar-refractivity contribution >= 4 is 12.0 Å². The van der Waals surface area contributed by atoms with E-state index in [4.69, 9.17) is 23.7 Å². The predicted octanol–water partition coefficient (Wildman–Crippen LogP) is 6.83. The van der Waals surface area contributed by atoms with Gasteiger partial charge < -0.3 is 23.7 Å². The van der Waals surface area contributed by atoms with Gasteiger partial charge in [-0.3, -0.25) is 0 Å². The largest absolute Gasteiger partial charge is 0.489 e. The van der Waals surface area contributed by atoms with Gasteiger partial charge in [-0.05, 0) is 36.2 Å². The zero-order valence-corrected chi connectivity index (χ0v) is 20.4. The van der Waals surface area contributed by atoms with E-state index in [0.29, 0.717) is 40.9 Å². The fourth-order valence-corrected chi connectivity index (χ4v) is 3.85. The highest BCUT2D eigenvalue weighted by atomic mass is 16.7. The van der Waals surface area contributed by atoms with E-state index in [9.17, 15) is 4.79 Å². The van der Waals surface area contributed by atoms with Gasteiger partial charge in [0, 0.05) is 17.7 Å². The number of fused-ring (bicyclic) bond motifs is 1. The molecular weight excluding hydrogens is 468 g/mol. The topological polar surface area (TPSA) is 63.2 Å². The molecule has 0 saturated carbocycles. The molecular formula is C31H26O6. The Kier molecular flexibility index (Phi) is 7.36. The Bertz CT molecular complexity index is 1400. The Balaban J connectivity index is 1.40. The third-order valence-electron chi connectivity index (χ3n) is 5.71. The van der Waals surface area contributed by atoms with Crippen molar-refractivity contribution in [2.75, 3.05) is 6.79 Å². The van der Waals surface area contributed by atoms with Crippen molar-refractivity contribution in [3.63, 3.8) is 0 Å². The van der Waals surface area contributed by atoms with Gasteiger partial charge in [0.1, 0.15) is 36.0 Å². The number of hydrogen-bond donors (Lipinski definition) is 0. The second kappa shape index (κ2) is 11.4. The molecule has 0 unspecified atom stereocenters. The first-order valence-electron chi connectivity index (χ1n) is 12.0. The van der Waals surface area contributed by atoms with Gasteiger partial charge >= 0.3 is 5.97 Å². The standard InChI is InChI=1S/C31H26O6/c1-2-9-24-16-29-30(36-21-35-29)18-27(24)37-31(32)26-15-14-25(33-19-22-10-5-3-6-11-22)17-28(26)34-20-23-12-7-4-8-13-23/h2-18H,19-21H2,1H3/b9-2+. The molecule has 0 aliphatic carbocycles. The molecule has 186 valence electrons. The summed E-state index contributed by atoms with van der Waals surface area (Å²) in [4.78, 5) is 13.4. The lowest BCUT2D eigenvalue weighted by Gasteiger charge is -2.15. The zero-order chi connectivity index (χ0) is 25.5. The number of allylic oxidation sites excluding steroid dienone is 1. The first-order chi connectivity index (χ1) is 18.2. The maximum Gasteiger partial charge on any atom is 0.347 e.